The number of alkyl halides is 3. The van der Waals surface area contributed by atoms with Crippen molar-refractivity contribution in [3.8, 4) is 17.2 Å². The van der Waals surface area contributed by atoms with Crippen LogP contribution in [-0.2, 0) is 11.8 Å². The summed E-state index contributed by atoms with van der Waals surface area (Å²) in [6, 6.07) is 24.7. The largest absolute Gasteiger partial charge is 0.459 e. The summed E-state index contributed by atoms with van der Waals surface area (Å²) in [5.41, 5.74) is 2.22. The van der Waals surface area contributed by atoms with Crippen molar-refractivity contribution in [3.63, 3.8) is 0 Å². The molecule has 0 amide bonds. The van der Waals surface area contributed by atoms with Crippen molar-refractivity contribution in [2.75, 3.05) is 0 Å². The molecule has 0 aliphatic carbocycles. The van der Waals surface area contributed by atoms with Gasteiger partial charge in [0.2, 0.25) is 0 Å². The maximum Gasteiger partial charge on any atom is 0.459 e. The minimum absolute atomic E-state index is 0.0776. The highest BCUT2D eigenvalue weighted by atomic mass is 79.9. The lowest BCUT2D eigenvalue weighted by molar-refractivity contribution is -0.0803. The Balaban J connectivity index is 1.67. The van der Waals surface area contributed by atoms with Crippen LogP contribution in [0.2, 0.25) is 0 Å². The quantitative estimate of drug-likeness (QED) is 0.291. The molecule has 1 atom stereocenters. The molecule has 2 nitrogen and oxygen atoms in total. The highest BCUT2D eigenvalue weighted by molar-refractivity contribution is 9.09. The van der Waals surface area contributed by atoms with Gasteiger partial charge in [-0.05, 0) is 72.2 Å². The Morgan fingerprint density at radius 2 is 1.50 bits per heavy atom. The maximum atomic E-state index is 13.0. The van der Waals surface area contributed by atoms with Crippen molar-refractivity contribution in [2.24, 2.45) is 0 Å². The average molecular weight is 475 g/mol. The van der Waals surface area contributed by atoms with Crippen molar-refractivity contribution in [1.82, 2.24) is 0 Å². The van der Waals surface area contributed by atoms with Gasteiger partial charge in [-0.3, -0.25) is 0 Å². The second-order valence-corrected chi connectivity index (χ2v) is 8.47. The molecule has 0 fully saturated rings. The van der Waals surface area contributed by atoms with Gasteiger partial charge in [-0.25, -0.2) is 0 Å². The maximum absolute atomic E-state index is 13.0. The third-order valence-corrected chi connectivity index (χ3v) is 5.57. The van der Waals surface area contributed by atoms with E-state index >= 15 is 0 Å². The Morgan fingerprint density at radius 1 is 0.833 bits per heavy atom. The Bertz CT molecular complexity index is 939. The summed E-state index contributed by atoms with van der Waals surface area (Å²) in [7, 11) is 0. The monoisotopic (exact) mass is 474 g/mol. The van der Waals surface area contributed by atoms with E-state index in [4.69, 9.17) is 4.74 Å². The van der Waals surface area contributed by atoms with Crippen LogP contribution in [0.4, 0.5) is 8.78 Å². The van der Waals surface area contributed by atoms with Crippen LogP contribution < -0.4 is 9.47 Å². The van der Waals surface area contributed by atoms with Crippen molar-refractivity contribution in [3.05, 3.63) is 90.0 Å². The normalized spacial score (nSPS) is 13.5. The number of aryl methyl sites for hydroxylation is 1. The minimum atomic E-state index is -3.37. The summed E-state index contributed by atoms with van der Waals surface area (Å²) >= 11 is 2.20. The van der Waals surface area contributed by atoms with Gasteiger partial charge >= 0.3 is 5.02 Å². The predicted octanol–water partition coefficient (Wildman–Crippen LogP) is 8.10. The molecule has 0 radical (unpaired) electrons. The molecular weight excluding hydrogens is 450 g/mol. The number of ether oxygens (including phenoxy) is 2. The first-order valence-corrected chi connectivity index (χ1v) is 10.7. The summed E-state index contributed by atoms with van der Waals surface area (Å²) in [6.07, 6.45) is 2.74. The summed E-state index contributed by atoms with van der Waals surface area (Å²) in [4.78, 5) is 0. The zero-order valence-corrected chi connectivity index (χ0v) is 18.7. The van der Waals surface area contributed by atoms with Crippen LogP contribution in [0.15, 0.2) is 78.9 Å². The molecule has 0 bridgehead atoms. The Morgan fingerprint density at radius 3 is 2.13 bits per heavy atom. The molecule has 0 N–H and O–H groups in total. The molecule has 3 rings (SSSR count). The van der Waals surface area contributed by atoms with E-state index in [1.807, 2.05) is 54.6 Å². The molecular formula is C25H25BrF2O2. The molecule has 158 valence electrons. The average Bonchev–Trinajstić information content (AvgIpc) is 2.72. The van der Waals surface area contributed by atoms with E-state index in [9.17, 15) is 8.78 Å². The summed E-state index contributed by atoms with van der Waals surface area (Å²) in [5.74, 6) is 1.75. The second kappa shape index (κ2) is 9.61. The molecule has 0 aliphatic heterocycles. The van der Waals surface area contributed by atoms with Gasteiger partial charge < -0.3 is 9.47 Å². The first kappa shape index (κ1) is 22.3. The van der Waals surface area contributed by atoms with E-state index < -0.39 is 5.02 Å². The molecule has 0 aromatic heterocycles. The Labute approximate surface area is 185 Å². The van der Waals surface area contributed by atoms with Gasteiger partial charge in [0.15, 0.2) is 0 Å². The van der Waals surface area contributed by atoms with Crippen molar-refractivity contribution < 1.29 is 18.3 Å². The first-order valence-electron chi connectivity index (χ1n) is 9.95. The zero-order chi connectivity index (χ0) is 21.6. The van der Waals surface area contributed by atoms with Crippen molar-refractivity contribution in [1.29, 1.82) is 0 Å². The van der Waals surface area contributed by atoms with Gasteiger partial charge in [0, 0.05) is 15.9 Å². The standard InChI is InChI=1S/C25H25BrF2O2/c1-3-24(2,20-12-14-22(15-13-20)30-25(26,27)28)17-16-19-8-7-11-23(18-19)29-21-9-5-4-6-10-21/h4-15,18H,3,16-17H2,1-2H3. The van der Waals surface area contributed by atoms with E-state index in [0.717, 1.165) is 36.3 Å². The Hall–Kier alpha value is -2.40. The van der Waals surface area contributed by atoms with Crippen LogP contribution in [0.3, 0.4) is 0 Å². The fourth-order valence-corrected chi connectivity index (χ4v) is 3.58. The van der Waals surface area contributed by atoms with Gasteiger partial charge in [-0.15, -0.1) is 0 Å². The van der Waals surface area contributed by atoms with Crippen LogP contribution in [0.1, 0.15) is 37.8 Å². The molecule has 30 heavy (non-hydrogen) atoms. The predicted molar refractivity (Wildman–Crippen MR) is 120 cm³/mol. The van der Waals surface area contributed by atoms with Gasteiger partial charge in [0.1, 0.15) is 17.2 Å². The van der Waals surface area contributed by atoms with Crippen molar-refractivity contribution >= 4 is 15.9 Å². The third-order valence-electron chi connectivity index (χ3n) is 5.41. The topological polar surface area (TPSA) is 18.5 Å². The highest BCUT2D eigenvalue weighted by Gasteiger charge is 2.28. The molecule has 0 aliphatic rings. The highest BCUT2D eigenvalue weighted by Crippen LogP contribution is 2.35. The van der Waals surface area contributed by atoms with Gasteiger partial charge in [-0.2, -0.15) is 8.78 Å². The van der Waals surface area contributed by atoms with Gasteiger partial charge in [0.05, 0.1) is 0 Å². The van der Waals surface area contributed by atoms with Crippen LogP contribution in [-0.4, -0.2) is 5.02 Å². The summed E-state index contributed by atoms with van der Waals surface area (Å²) in [5, 5.41) is -3.37. The van der Waals surface area contributed by atoms with Gasteiger partial charge in [0.25, 0.3) is 0 Å². The molecule has 0 heterocycles. The summed E-state index contributed by atoms with van der Waals surface area (Å²) in [6.45, 7) is 4.35. The summed E-state index contributed by atoms with van der Waals surface area (Å²) < 4.78 is 36.4. The van der Waals surface area contributed by atoms with Gasteiger partial charge in [-0.1, -0.05) is 56.3 Å². The fraction of sp³-hybridized carbons (Fsp3) is 0.280. The smallest absolute Gasteiger partial charge is 0.457 e. The molecule has 0 saturated carbocycles. The van der Waals surface area contributed by atoms with E-state index in [1.54, 1.807) is 12.1 Å². The number of benzene rings is 3. The van der Waals surface area contributed by atoms with E-state index in [2.05, 4.69) is 46.6 Å². The number of rotatable bonds is 9. The molecule has 3 aromatic rings. The van der Waals surface area contributed by atoms with E-state index in [-0.39, 0.29) is 11.2 Å². The lowest BCUT2D eigenvalue weighted by Gasteiger charge is -2.29. The van der Waals surface area contributed by atoms with Crippen molar-refractivity contribution in [2.45, 2.75) is 43.5 Å². The van der Waals surface area contributed by atoms with Crippen LogP contribution in [0.5, 0.6) is 17.2 Å². The van der Waals surface area contributed by atoms with Crippen LogP contribution >= 0.6 is 15.9 Å². The number of halogens is 3. The molecule has 1 unspecified atom stereocenters. The van der Waals surface area contributed by atoms with Crippen LogP contribution in [0.25, 0.3) is 0 Å². The molecule has 0 saturated heterocycles. The van der Waals surface area contributed by atoms with E-state index in [0.29, 0.717) is 0 Å². The number of para-hydroxylation sites is 1. The van der Waals surface area contributed by atoms with E-state index in [1.165, 1.54) is 5.56 Å². The fourth-order valence-electron chi connectivity index (χ4n) is 3.39. The molecule has 3 aromatic carbocycles. The second-order valence-electron chi connectivity index (χ2n) is 7.55. The first-order chi connectivity index (χ1) is 14.3. The lowest BCUT2D eigenvalue weighted by Crippen LogP contribution is -2.22. The van der Waals surface area contributed by atoms with Crippen LogP contribution in [0, 0.1) is 0 Å². The third kappa shape index (κ3) is 6.30. The number of hydrogen-bond donors (Lipinski definition) is 0. The molecule has 5 heteroatoms. The SMILES string of the molecule is CCC(C)(CCc1cccc(Oc2ccccc2)c1)c1ccc(OC(F)(F)Br)cc1. The molecule has 0 spiro atoms. The minimum Gasteiger partial charge on any atom is -0.457 e. The Kier molecular flexibility index (Phi) is 7.14. The lowest BCUT2D eigenvalue weighted by atomic mass is 9.75. The number of hydrogen-bond acceptors (Lipinski definition) is 2. The zero-order valence-electron chi connectivity index (χ0n) is 17.1.